The van der Waals surface area contributed by atoms with E-state index in [-0.39, 0.29) is 11.4 Å². The molecule has 138 valence electrons. The number of rotatable bonds is 0. The highest BCUT2D eigenvalue weighted by atomic mass is 16.7. The molecule has 6 aliphatic rings. The molecule has 2 aliphatic heterocycles. The lowest BCUT2D eigenvalue weighted by Crippen LogP contribution is -2.53. The molecule has 0 unspecified atom stereocenters. The van der Waals surface area contributed by atoms with Crippen molar-refractivity contribution in [2.24, 2.45) is 28.6 Å². The quantitative estimate of drug-likeness (QED) is 0.480. The van der Waals surface area contributed by atoms with E-state index < -0.39 is 0 Å². The summed E-state index contributed by atoms with van der Waals surface area (Å²) in [6.45, 7) is 7.72. The zero-order valence-corrected chi connectivity index (χ0v) is 15.8. The average Bonchev–Trinajstić information content (AvgIpc) is 3.18. The molecule has 0 radical (unpaired) electrons. The first kappa shape index (κ1) is 15.7. The fourth-order valence-corrected chi connectivity index (χ4v) is 8.00. The van der Waals surface area contributed by atoms with Crippen LogP contribution in [-0.2, 0) is 14.2 Å². The standard InChI is InChI=1S/C22H32O3/c1-19-9-10-22(23-11-12-24-22)13-15(19)3-4-16-17(19)5-7-20(2)18(16)6-8-21(20)14-25-21/h3,16-18H,4-14H2,1-2H3/t16-,17+,18+,19-,20-,21+/m0/s1. The second-order valence-electron chi connectivity index (χ2n) is 10.3. The van der Waals surface area contributed by atoms with Gasteiger partial charge in [-0.2, -0.15) is 0 Å². The molecule has 2 spiro atoms. The van der Waals surface area contributed by atoms with Gasteiger partial charge in [-0.15, -0.1) is 0 Å². The second-order valence-corrected chi connectivity index (χ2v) is 10.3. The van der Waals surface area contributed by atoms with Crippen LogP contribution >= 0.6 is 0 Å². The summed E-state index contributed by atoms with van der Waals surface area (Å²) >= 11 is 0. The van der Waals surface area contributed by atoms with Gasteiger partial charge in [-0.3, -0.25) is 0 Å². The molecule has 25 heavy (non-hydrogen) atoms. The SMILES string of the molecule is C[C@]12CCC3(CC1=CC[C@H]1[C@H]2CC[C@@]2(C)[C@@H]1CC[C@@]21CO1)OCCO3. The highest BCUT2D eigenvalue weighted by Crippen LogP contribution is 2.71. The van der Waals surface area contributed by atoms with Crippen molar-refractivity contribution in [3.05, 3.63) is 11.6 Å². The van der Waals surface area contributed by atoms with Crippen molar-refractivity contribution in [2.45, 2.75) is 76.6 Å². The number of epoxide rings is 1. The summed E-state index contributed by atoms with van der Waals surface area (Å²) in [5.41, 5.74) is 2.75. The van der Waals surface area contributed by atoms with Crippen LogP contribution in [0, 0.1) is 28.6 Å². The van der Waals surface area contributed by atoms with Crippen molar-refractivity contribution in [1.82, 2.24) is 0 Å². The van der Waals surface area contributed by atoms with E-state index >= 15 is 0 Å². The second kappa shape index (κ2) is 4.72. The summed E-state index contributed by atoms with van der Waals surface area (Å²) in [4.78, 5) is 0. The van der Waals surface area contributed by atoms with Crippen molar-refractivity contribution < 1.29 is 14.2 Å². The van der Waals surface area contributed by atoms with Gasteiger partial charge in [0.2, 0.25) is 0 Å². The van der Waals surface area contributed by atoms with Crippen molar-refractivity contribution in [3.63, 3.8) is 0 Å². The van der Waals surface area contributed by atoms with Gasteiger partial charge in [0.25, 0.3) is 0 Å². The Bertz CT molecular complexity index is 629. The minimum absolute atomic E-state index is 0.273. The van der Waals surface area contributed by atoms with E-state index in [1.807, 2.05) is 0 Å². The lowest BCUT2D eigenvalue weighted by atomic mass is 9.47. The summed E-state index contributed by atoms with van der Waals surface area (Å²) in [7, 11) is 0. The maximum absolute atomic E-state index is 6.06. The van der Waals surface area contributed by atoms with Crippen LogP contribution in [0.15, 0.2) is 11.6 Å². The summed E-state index contributed by atoms with van der Waals surface area (Å²) in [6, 6.07) is 0. The predicted molar refractivity (Wildman–Crippen MR) is 95.0 cm³/mol. The van der Waals surface area contributed by atoms with Gasteiger partial charge < -0.3 is 14.2 Å². The van der Waals surface area contributed by atoms with Crippen molar-refractivity contribution >= 4 is 0 Å². The molecule has 4 aliphatic carbocycles. The molecule has 2 saturated heterocycles. The van der Waals surface area contributed by atoms with E-state index in [2.05, 4.69) is 19.9 Å². The Kier molecular flexibility index (Phi) is 2.95. The molecule has 0 aromatic rings. The highest BCUT2D eigenvalue weighted by molar-refractivity contribution is 5.28. The molecule has 3 nitrogen and oxygen atoms in total. The average molecular weight is 344 g/mol. The Morgan fingerprint density at radius 1 is 0.920 bits per heavy atom. The Morgan fingerprint density at radius 3 is 2.44 bits per heavy atom. The first-order valence-electron chi connectivity index (χ1n) is 10.6. The largest absolute Gasteiger partial charge is 0.369 e. The van der Waals surface area contributed by atoms with Gasteiger partial charge in [0.15, 0.2) is 5.79 Å². The van der Waals surface area contributed by atoms with Crippen LogP contribution in [-0.4, -0.2) is 31.2 Å². The zero-order valence-electron chi connectivity index (χ0n) is 15.8. The minimum Gasteiger partial charge on any atom is -0.369 e. The number of ether oxygens (including phenoxy) is 3. The summed E-state index contributed by atoms with van der Waals surface area (Å²) in [6.07, 6.45) is 12.7. The molecule has 0 aromatic carbocycles. The van der Waals surface area contributed by atoms with Gasteiger partial charge in [-0.1, -0.05) is 25.5 Å². The lowest BCUT2D eigenvalue weighted by Gasteiger charge is -2.58. The summed E-state index contributed by atoms with van der Waals surface area (Å²) in [5, 5.41) is 0. The molecule has 0 aromatic heterocycles. The smallest absolute Gasteiger partial charge is 0.172 e. The molecule has 6 atom stereocenters. The van der Waals surface area contributed by atoms with Gasteiger partial charge in [-0.05, 0) is 61.7 Å². The van der Waals surface area contributed by atoms with Crippen molar-refractivity contribution in [2.75, 3.05) is 19.8 Å². The Hall–Kier alpha value is -0.380. The first-order valence-corrected chi connectivity index (χ1v) is 10.6. The molecule has 5 fully saturated rings. The van der Waals surface area contributed by atoms with Crippen molar-refractivity contribution in [3.8, 4) is 0 Å². The van der Waals surface area contributed by atoms with Crippen LogP contribution in [0.1, 0.15) is 65.2 Å². The van der Waals surface area contributed by atoms with Crippen LogP contribution in [0.3, 0.4) is 0 Å². The molecule has 0 amide bonds. The van der Waals surface area contributed by atoms with Crippen molar-refractivity contribution in [1.29, 1.82) is 0 Å². The van der Waals surface area contributed by atoms with Crippen LogP contribution in [0.4, 0.5) is 0 Å². The van der Waals surface area contributed by atoms with Gasteiger partial charge in [0.1, 0.15) is 0 Å². The molecule has 0 N–H and O–H groups in total. The first-order chi connectivity index (χ1) is 12.0. The van der Waals surface area contributed by atoms with E-state index in [4.69, 9.17) is 14.2 Å². The molecular formula is C22H32O3. The van der Waals surface area contributed by atoms with E-state index in [1.54, 1.807) is 5.57 Å². The monoisotopic (exact) mass is 344 g/mol. The third kappa shape index (κ3) is 1.83. The molecule has 6 rings (SSSR count). The maximum Gasteiger partial charge on any atom is 0.172 e. The third-order valence-corrected chi connectivity index (χ3v) is 9.71. The fourth-order valence-electron chi connectivity index (χ4n) is 8.00. The Balaban J connectivity index is 1.33. The normalized spacial score (nSPS) is 55.6. The number of hydrogen-bond donors (Lipinski definition) is 0. The highest BCUT2D eigenvalue weighted by Gasteiger charge is 2.69. The molecule has 2 heterocycles. The molecular weight excluding hydrogens is 312 g/mol. The minimum atomic E-state index is -0.277. The third-order valence-electron chi connectivity index (χ3n) is 9.71. The molecule has 3 heteroatoms. The number of hydrogen-bond acceptors (Lipinski definition) is 3. The van der Waals surface area contributed by atoms with E-state index in [1.165, 1.54) is 38.5 Å². The topological polar surface area (TPSA) is 31.0 Å². The van der Waals surface area contributed by atoms with E-state index in [0.29, 0.717) is 10.8 Å². The van der Waals surface area contributed by atoms with Crippen LogP contribution in [0.5, 0.6) is 0 Å². The lowest BCUT2D eigenvalue weighted by molar-refractivity contribution is -0.185. The molecule has 0 bridgehead atoms. The van der Waals surface area contributed by atoms with E-state index in [0.717, 1.165) is 50.4 Å². The van der Waals surface area contributed by atoms with Gasteiger partial charge in [-0.25, -0.2) is 0 Å². The van der Waals surface area contributed by atoms with Crippen LogP contribution in [0.25, 0.3) is 0 Å². The number of allylic oxidation sites excluding steroid dienone is 1. The van der Waals surface area contributed by atoms with Gasteiger partial charge >= 0.3 is 0 Å². The Morgan fingerprint density at radius 2 is 1.68 bits per heavy atom. The zero-order chi connectivity index (χ0) is 16.9. The van der Waals surface area contributed by atoms with Gasteiger partial charge in [0.05, 0.1) is 25.4 Å². The van der Waals surface area contributed by atoms with Crippen LogP contribution < -0.4 is 0 Å². The van der Waals surface area contributed by atoms with Gasteiger partial charge in [0, 0.05) is 18.3 Å². The molecule has 3 saturated carbocycles. The maximum atomic E-state index is 6.06. The van der Waals surface area contributed by atoms with Crippen LogP contribution in [0.2, 0.25) is 0 Å². The fraction of sp³-hybridized carbons (Fsp3) is 0.909. The summed E-state index contributed by atoms with van der Waals surface area (Å²) in [5.74, 6) is 2.33. The Labute approximate surface area is 151 Å². The van der Waals surface area contributed by atoms with E-state index in [9.17, 15) is 0 Å². The predicted octanol–water partition coefficient (Wildman–Crippen LogP) is 4.46. The number of fused-ring (bicyclic) bond motifs is 6. The summed E-state index contributed by atoms with van der Waals surface area (Å²) < 4.78 is 18.2.